The molecule has 5 heteroatoms. The number of hydrogen-bond donors (Lipinski definition) is 1. The maximum Gasteiger partial charge on any atom is 0.150 e. The van der Waals surface area contributed by atoms with Gasteiger partial charge in [-0.3, -0.25) is 0 Å². The number of sulfone groups is 1. The van der Waals surface area contributed by atoms with Crippen molar-refractivity contribution in [1.82, 2.24) is 5.32 Å². The number of fused-ring (bicyclic) bond motifs is 1. The highest BCUT2D eigenvalue weighted by Gasteiger charge is 2.28. The second-order valence-electron chi connectivity index (χ2n) is 5.08. The molecule has 0 aromatic heterocycles. The van der Waals surface area contributed by atoms with Gasteiger partial charge in [0.1, 0.15) is 5.75 Å². The Balaban J connectivity index is 1.66. The Kier molecular flexibility index (Phi) is 3.03. The van der Waals surface area contributed by atoms with E-state index in [-0.39, 0.29) is 11.7 Å². The second kappa shape index (κ2) is 4.55. The molecule has 98 valence electrons. The molecule has 0 spiro atoms. The third-order valence-electron chi connectivity index (χ3n) is 3.65. The van der Waals surface area contributed by atoms with Crippen LogP contribution in [0.25, 0.3) is 0 Å². The summed E-state index contributed by atoms with van der Waals surface area (Å²) in [6.07, 6.45) is 0.732. The monoisotopic (exact) mass is 267 g/mol. The molecular formula is C13H17NO3S. The van der Waals surface area contributed by atoms with Gasteiger partial charge in [0.2, 0.25) is 0 Å². The van der Waals surface area contributed by atoms with Crippen molar-refractivity contribution in [3.63, 3.8) is 0 Å². The molecule has 18 heavy (non-hydrogen) atoms. The van der Waals surface area contributed by atoms with Crippen molar-refractivity contribution in [1.29, 1.82) is 0 Å². The number of benzene rings is 1. The van der Waals surface area contributed by atoms with E-state index in [1.165, 1.54) is 11.1 Å². The average Bonchev–Trinajstić information content (AvgIpc) is 2.92. The first-order valence-electron chi connectivity index (χ1n) is 6.29. The van der Waals surface area contributed by atoms with Gasteiger partial charge < -0.3 is 10.1 Å². The van der Waals surface area contributed by atoms with Gasteiger partial charge in [-0.25, -0.2) is 8.42 Å². The van der Waals surface area contributed by atoms with Crippen LogP contribution < -0.4 is 10.1 Å². The molecule has 3 rings (SSSR count). The highest BCUT2D eigenvalue weighted by atomic mass is 32.2. The van der Waals surface area contributed by atoms with Crippen LogP contribution in [-0.4, -0.2) is 26.5 Å². The minimum absolute atomic E-state index is 0.153. The van der Waals surface area contributed by atoms with E-state index in [0.29, 0.717) is 12.4 Å². The number of hydrogen-bond acceptors (Lipinski definition) is 4. The van der Waals surface area contributed by atoms with Gasteiger partial charge in [-0.1, -0.05) is 12.1 Å². The molecule has 0 saturated carbocycles. The lowest BCUT2D eigenvalue weighted by Crippen LogP contribution is -2.14. The van der Waals surface area contributed by atoms with Gasteiger partial charge in [-0.15, -0.1) is 0 Å². The van der Waals surface area contributed by atoms with Crippen molar-refractivity contribution in [2.45, 2.75) is 19.5 Å². The SMILES string of the molecule is O=S1(=O)CCC(COc2cccc3c2CNC3)C1. The van der Waals surface area contributed by atoms with Crippen molar-refractivity contribution >= 4 is 9.84 Å². The van der Waals surface area contributed by atoms with Crippen molar-refractivity contribution in [3.05, 3.63) is 29.3 Å². The fourth-order valence-electron chi connectivity index (χ4n) is 2.65. The van der Waals surface area contributed by atoms with Gasteiger partial charge >= 0.3 is 0 Å². The summed E-state index contributed by atoms with van der Waals surface area (Å²) in [6.45, 7) is 2.24. The van der Waals surface area contributed by atoms with E-state index in [9.17, 15) is 8.42 Å². The molecule has 1 N–H and O–H groups in total. The van der Waals surface area contributed by atoms with Crippen LogP contribution in [-0.2, 0) is 22.9 Å². The molecule has 0 bridgehead atoms. The van der Waals surface area contributed by atoms with Crippen LogP contribution in [0.15, 0.2) is 18.2 Å². The molecule has 0 radical (unpaired) electrons. The van der Waals surface area contributed by atoms with E-state index in [1.807, 2.05) is 12.1 Å². The van der Waals surface area contributed by atoms with E-state index >= 15 is 0 Å². The fraction of sp³-hybridized carbons (Fsp3) is 0.538. The Morgan fingerprint density at radius 1 is 1.33 bits per heavy atom. The molecule has 1 aromatic rings. The lowest BCUT2D eigenvalue weighted by atomic mass is 10.1. The van der Waals surface area contributed by atoms with Gasteiger partial charge in [0.15, 0.2) is 9.84 Å². The maximum absolute atomic E-state index is 11.4. The highest BCUT2D eigenvalue weighted by Crippen LogP contribution is 2.27. The summed E-state index contributed by atoms with van der Waals surface area (Å²) in [5, 5.41) is 3.29. The zero-order chi connectivity index (χ0) is 12.6. The summed E-state index contributed by atoms with van der Waals surface area (Å²) in [5.41, 5.74) is 2.50. The lowest BCUT2D eigenvalue weighted by Gasteiger charge is -2.13. The van der Waals surface area contributed by atoms with Gasteiger partial charge in [-0.2, -0.15) is 0 Å². The molecule has 1 fully saturated rings. The smallest absolute Gasteiger partial charge is 0.150 e. The average molecular weight is 267 g/mol. The van der Waals surface area contributed by atoms with Crippen LogP contribution in [0.4, 0.5) is 0 Å². The Morgan fingerprint density at radius 2 is 2.22 bits per heavy atom. The predicted molar refractivity (Wildman–Crippen MR) is 69.2 cm³/mol. The fourth-order valence-corrected chi connectivity index (χ4v) is 4.49. The van der Waals surface area contributed by atoms with E-state index < -0.39 is 9.84 Å². The summed E-state index contributed by atoms with van der Waals surface area (Å²) in [5.74, 6) is 1.65. The van der Waals surface area contributed by atoms with Gasteiger partial charge in [0.05, 0.1) is 18.1 Å². The van der Waals surface area contributed by atoms with Crippen molar-refractivity contribution in [2.75, 3.05) is 18.1 Å². The third-order valence-corrected chi connectivity index (χ3v) is 5.49. The maximum atomic E-state index is 11.4. The summed E-state index contributed by atoms with van der Waals surface area (Å²) < 4.78 is 28.6. The predicted octanol–water partition coefficient (Wildman–Crippen LogP) is 1.10. The zero-order valence-corrected chi connectivity index (χ0v) is 11.0. The van der Waals surface area contributed by atoms with Gasteiger partial charge in [0, 0.05) is 24.6 Å². The standard InChI is InChI=1S/C13H17NO3S/c15-18(16)5-4-10(9-18)8-17-13-3-1-2-11-6-14-7-12(11)13/h1-3,10,14H,4-9H2. The first-order chi connectivity index (χ1) is 8.64. The molecule has 1 saturated heterocycles. The number of nitrogens with one attached hydrogen (secondary N) is 1. The molecular weight excluding hydrogens is 250 g/mol. The first kappa shape index (κ1) is 12.0. The molecule has 1 aromatic carbocycles. The summed E-state index contributed by atoms with van der Waals surface area (Å²) in [6, 6.07) is 6.06. The zero-order valence-electron chi connectivity index (χ0n) is 10.2. The van der Waals surface area contributed by atoms with Crippen LogP contribution in [0.2, 0.25) is 0 Å². The molecule has 0 aliphatic carbocycles. The van der Waals surface area contributed by atoms with E-state index in [0.717, 1.165) is 25.3 Å². The number of rotatable bonds is 3. The quantitative estimate of drug-likeness (QED) is 0.891. The van der Waals surface area contributed by atoms with Crippen LogP contribution >= 0.6 is 0 Å². The minimum Gasteiger partial charge on any atom is -0.493 e. The summed E-state index contributed by atoms with van der Waals surface area (Å²) in [4.78, 5) is 0. The van der Waals surface area contributed by atoms with E-state index in [4.69, 9.17) is 4.74 Å². The molecule has 2 aliphatic rings. The van der Waals surface area contributed by atoms with Gasteiger partial charge in [0.25, 0.3) is 0 Å². The van der Waals surface area contributed by atoms with Crippen LogP contribution in [0.1, 0.15) is 17.5 Å². The van der Waals surface area contributed by atoms with Crippen LogP contribution in [0.5, 0.6) is 5.75 Å². The van der Waals surface area contributed by atoms with Crippen LogP contribution in [0, 0.1) is 5.92 Å². The molecule has 1 atom stereocenters. The van der Waals surface area contributed by atoms with Crippen molar-refractivity contribution in [2.24, 2.45) is 5.92 Å². The normalized spacial score (nSPS) is 25.0. The minimum atomic E-state index is -2.80. The topological polar surface area (TPSA) is 55.4 Å². The Labute approximate surface area is 107 Å². The Hall–Kier alpha value is -1.07. The molecule has 2 heterocycles. The molecule has 1 unspecified atom stereocenters. The molecule has 2 aliphatic heterocycles. The first-order valence-corrected chi connectivity index (χ1v) is 8.11. The molecule has 0 amide bonds. The Bertz CT molecular complexity index is 553. The van der Waals surface area contributed by atoms with Gasteiger partial charge in [-0.05, 0) is 18.1 Å². The van der Waals surface area contributed by atoms with Crippen molar-refractivity contribution < 1.29 is 13.2 Å². The highest BCUT2D eigenvalue weighted by molar-refractivity contribution is 7.91. The third kappa shape index (κ3) is 2.37. The lowest BCUT2D eigenvalue weighted by molar-refractivity contribution is 0.261. The Morgan fingerprint density at radius 3 is 3.00 bits per heavy atom. The summed E-state index contributed by atoms with van der Waals surface area (Å²) >= 11 is 0. The summed E-state index contributed by atoms with van der Waals surface area (Å²) in [7, 11) is -2.80. The van der Waals surface area contributed by atoms with Crippen LogP contribution in [0.3, 0.4) is 0 Å². The van der Waals surface area contributed by atoms with E-state index in [2.05, 4.69) is 11.4 Å². The second-order valence-corrected chi connectivity index (χ2v) is 7.31. The number of ether oxygens (including phenoxy) is 1. The largest absolute Gasteiger partial charge is 0.493 e. The van der Waals surface area contributed by atoms with Crippen molar-refractivity contribution in [3.8, 4) is 5.75 Å². The van der Waals surface area contributed by atoms with E-state index in [1.54, 1.807) is 0 Å². The molecule has 4 nitrogen and oxygen atoms in total.